The Kier molecular flexibility index (Phi) is 6.77. The molecule has 11 heteroatoms. The van der Waals surface area contributed by atoms with Gasteiger partial charge in [0.25, 0.3) is 5.92 Å². The van der Waals surface area contributed by atoms with Crippen LogP contribution in [-0.4, -0.2) is 53.8 Å². The maximum absolute atomic E-state index is 13.8. The molecule has 2 aromatic carbocycles. The number of nitrogens with zero attached hydrogens (tertiary/aromatic N) is 4. The van der Waals surface area contributed by atoms with E-state index in [4.69, 9.17) is 23.2 Å². The van der Waals surface area contributed by atoms with Gasteiger partial charge in [-0.1, -0.05) is 54.1 Å². The van der Waals surface area contributed by atoms with E-state index in [1.165, 1.54) is 5.01 Å². The zero-order valence-corrected chi connectivity index (χ0v) is 20.0. The smallest absolute Gasteiger partial charge is 0.233 e. The minimum Gasteiger partial charge on any atom is -0.233 e. The molecule has 0 unspecified atom stereocenters. The highest BCUT2D eigenvalue weighted by Crippen LogP contribution is 2.36. The molecule has 0 radical (unpaired) electrons. The molecule has 0 amide bonds. The van der Waals surface area contributed by atoms with Crippen LogP contribution in [0.25, 0.3) is 0 Å². The average molecular weight is 515 g/mol. The van der Waals surface area contributed by atoms with Gasteiger partial charge in [0, 0.05) is 18.0 Å². The molecular weight excluding hydrogens is 493 g/mol. The maximum atomic E-state index is 13.8. The summed E-state index contributed by atoms with van der Waals surface area (Å²) in [5.74, 6) is -3.33. The summed E-state index contributed by atoms with van der Waals surface area (Å²) in [6.07, 6.45) is -0.304. The molecule has 0 aromatic heterocycles. The van der Waals surface area contributed by atoms with Crippen molar-refractivity contribution in [1.29, 1.82) is 0 Å². The number of piperidine rings is 1. The van der Waals surface area contributed by atoms with Crippen LogP contribution >= 0.6 is 23.2 Å². The van der Waals surface area contributed by atoms with Crippen LogP contribution in [0.1, 0.15) is 36.8 Å². The first-order valence-electron chi connectivity index (χ1n) is 10.4. The lowest BCUT2D eigenvalue weighted by atomic mass is 9.86. The normalized spacial score (nSPS) is 24.1. The molecule has 2 heterocycles. The first kappa shape index (κ1) is 24.1. The van der Waals surface area contributed by atoms with Gasteiger partial charge in [-0.3, -0.25) is 0 Å². The Bertz CT molecular complexity index is 1170. The number of hydrogen-bond acceptors (Lipinski definition) is 3. The third-order valence-electron chi connectivity index (χ3n) is 5.74. The second-order valence-corrected chi connectivity index (χ2v) is 10.5. The number of hydrazone groups is 1. The van der Waals surface area contributed by atoms with E-state index in [0.717, 1.165) is 11.1 Å². The summed E-state index contributed by atoms with van der Waals surface area (Å²) in [7, 11) is -4.40. The van der Waals surface area contributed by atoms with Gasteiger partial charge < -0.3 is 0 Å². The van der Waals surface area contributed by atoms with Crippen molar-refractivity contribution in [3.63, 3.8) is 0 Å². The monoisotopic (exact) mass is 514 g/mol. The fourth-order valence-corrected chi connectivity index (χ4v) is 5.81. The molecule has 4 rings (SSSR count). The largest absolute Gasteiger partial charge is 0.325 e. The van der Waals surface area contributed by atoms with E-state index in [0.29, 0.717) is 15.0 Å². The minimum absolute atomic E-state index is 0.0346. The van der Waals surface area contributed by atoms with Crippen LogP contribution in [0.15, 0.2) is 64.1 Å². The average Bonchev–Trinajstić information content (AvgIpc) is 3.11. The van der Waals surface area contributed by atoms with E-state index in [9.17, 15) is 17.2 Å². The van der Waals surface area contributed by atoms with Crippen molar-refractivity contribution in [1.82, 2.24) is 9.31 Å². The molecule has 33 heavy (non-hydrogen) atoms. The number of halogens is 4. The number of amidine groups is 1. The standard InChI is InChI=1S/C22H22Cl2F2N4O2S/c1-15-19(16-6-3-2-4-7-16)20(17-8-10-18(23)11-9-17)27-30(15)21(24)28-33(31,32)29-13-5-12-22(25,26)14-29/h2-4,6-11,15,19H,5,12-14H2,1H3/t15-,19+/m1/s1. The van der Waals surface area contributed by atoms with Gasteiger partial charge in [-0.15, -0.1) is 4.40 Å². The third kappa shape index (κ3) is 5.21. The Morgan fingerprint density at radius 1 is 1.15 bits per heavy atom. The topological polar surface area (TPSA) is 65.3 Å². The quantitative estimate of drug-likeness (QED) is 0.323. The van der Waals surface area contributed by atoms with Gasteiger partial charge in [-0.25, -0.2) is 13.8 Å². The summed E-state index contributed by atoms with van der Waals surface area (Å²) in [6, 6.07) is 16.4. The van der Waals surface area contributed by atoms with Crippen molar-refractivity contribution in [2.45, 2.75) is 37.6 Å². The van der Waals surface area contributed by atoms with E-state index in [2.05, 4.69) is 9.50 Å². The van der Waals surface area contributed by atoms with Crippen LogP contribution in [0.2, 0.25) is 5.02 Å². The van der Waals surface area contributed by atoms with Gasteiger partial charge in [0.15, 0.2) is 0 Å². The fraction of sp³-hybridized carbons (Fsp3) is 0.364. The number of rotatable bonds is 4. The molecule has 2 aliphatic rings. The summed E-state index contributed by atoms with van der Waals surface area (Å²) in [5, 5.41) is 6.09. The van der Waals surface area contributed by atoms with Crippen LogP contribution in [0.4, 0.5) is 8.78 Å². The summed E-state index contributed by atoms with van der Waals surface area (Å²) in [4.78, 5) is 0. The fourth-order valence-electron chi connectivity index (χ4n) is 4.12. The van der Waals surface area contributed by atoms with Gasteiger partial charge in [0.2, 0.25) is 5.29 Å². The summed E-state index contributed by atoms with van der Waals surface area (Å²) in [6.45, 7) is 0.904. The first-order chi connectivity index (χ1) is 15.6. The molecule has 0 bridgehead atoms. The van der Waals surface area contributed by atoms with Crippen molar-refractivity contribution < 1.29 is 17.2 Å². The zero-order chi connectivity index (χ0) is 23.8. The number of hydrogen-bond donors (Lipinski definition) is 0. The van der Waals surface area contributed by atoms with Crippen LogP contribution < -0.4 is 0 Å². The maximum Gasteiger partial charge on any atom is 0.325 e. The van der Waals surface area contributed by atoms with Gasteiger partial charge in [-0.2, -0.15) is 17.8 Å². The summed E-state index contributed by atoms with van der Waals surface area (Å²) in [5.41, 5.74) is 2.43. The Labute approximate surface area is 201 Å². The van der Waals surface area contributed by atoms with Crippen LogP contribution in [0, 0.1) is 0 Å². The molecule has 0 spiro atoms. The van der Waals surface area contributed by atoms with Crippen LogP contribution in [-0.2, 0) is 10.2 Å². The highest BCUT2D eigenvalue weighted by molar-refractivity contribution is 7.88. The number of alkyl halides is 2. The molecule has 0 saturated carbocycles. The van der Waals surface area contributed by atoms with Crippen molar-refractivity contribution in [2.24, 2.45) is 9.50 Å². The highest BCUT2D eigenvalue weighted by Gasteiger charge is 2.42. The van der Waals surface area contributed by atoms with Crippen LogP contribution in [0.3, 0.4) is 0 Å². The molecule has 0 N–H and O–H groups in total. The molecule has 176 valence electrons. The van der Waals surface area contributed by atoms with Crippen LogP contribution in [0.5, 0.6) is 0 Å². The van der Waals surface area contributed by atoms with Crippen molar-refractivity contribution >= 4 is 44.4 Å². The molecular formula is C22H22Cl2F2N4O2S. The van der Waals surface area contributed by atoms with E-state index in [-0.39, 0.29) is 31.3 Å². The predicted octanol–water partition coefficient (Wildman–Crippen LogP) is 5.10. The van der Waals surface area contributed by atoms with Gasteiger partial charge >= 0.3 is 10.2 Å². The Balaban J connectivity index is 1.70. The molecule has 6 nitrogen and oxygen atoms in total. The third-order valence-corrected chi connectivity index (χ3v) is 7.72. The second-order valence-electron chi connectivity index (χ2n) is 8.10. The molecule has 2 aliphatic heterocycles. The zero-order valence-electron chi connectivity index (χ0n) is 17.7. The predicted molar refractivity (Wildman–Crippen MR) is 126 cm³/mol. The van der Waals surface area contributed by atoms with E-state index < -0.39 is 28.0 Å². The second kappa shape index (κ2) is 9.29. The lowest BCUT2D eigenvalue weighted by Gasteiger charge is -2.30. The Morgan fingerprint density at radius 2 is 1.82 bits per heavy atom. The Morgan fingerprint density at radius 3 is 2.45 bits per heavy atom. The molecule has 1 fully saturated rings. The van der Waals surface area contributed by atoms with Gasteiger partial charge in [0.05, 0.1) is 24.2 Å². The molecule has 2 aromatic rings. The minimum atomic E-state index is -4.40. The highest BCUT2D eigenvalue weighted by atomic mass is 35.5. The number of benzene rings is 2. The van der Waals surface area contributed by atoms with Crippen molar-refractivity contribution in [3.05, 3.63) is 70.7 Å². The van der Waals surface area contributed by atoms with E-state index in [1.54, 1.807) is 12.1 Å². The van der Waals surface area contributed by atoms with E-state index >= 15 is 0 Å². The lowest BCUT2D eigenvalue weighted by molar-refractivity contribution is -0.0434. The SMILES string of the molecule is C[C@@H]1[C@@H](c2ccccc2)C(c2ccc(Cl)cc2)=NN1C(Cl)=NS(=O)(=O)N1CCCC(F)(F)C1. The molecule has 0 aliphatic carbocycles. The van der Waals surface area contributed by atoms with Crippen molar-refractivity contribution in [3.8, 4) is 0 Å². The Hall–Kier alpha value is -2.07. The van der Waals surface area contributed by atoms with E-state index in [1.807, 2.05) is 49.4 Å². The summed E-state index contributed by atoms with van der Waals surface area (Å²) < 4.78 is 57.3. The molecule has 2 atom stereocenters. The van der Waals surface area contributed by atoms with Crippen molar-refractivity contribution in [2.75, 3.05) is 13.1 Å². The summed E-state index contributed by atoms with van der Waals surface area (Å²) >= 11 is 12.4. The molecule has 1 saturated heterocycles. The van der Waals surface area contributed by atoms with Gasteiger partial charge in [0.1, 0.15) is 0 Å². The first-order valence-corrected chi connectivity index (χ1v) is 12.5. The van der Waals surface area contributed by atoms with Gasteiger partial charge in [-0.05, 0) is 48.2 Å². The lowest BCUT2D eigenvalue weighted by Crippen LogP contribution is -2.45.